The molecule has 0 fully saturated rings. The molecule has 10 nitrogen and oxygen atoms in total. The molecule has 0 aliphatic heterocycles. The lowest BCUT2D eigenvalue weighted by atomic mass is 10.2. The molecule has 0 saturated heterocycles. The van der Waals surface area contributed by atoms with Crippen LogP contribution in [0, 0.1) is 0 Å². The summed E-state index contributed by atoms with van der Waals surface area (Å²) in [7, 11) is 1.52. The van der Waals surface area contributed by atoms with Crippen LogP contribution < -0.4 is 26.2 Å². The number of carbonyl (C=O) groups is 2. The fourth-order valence-electron chi connectivity index (χ4n) is 3.03. The third-order valence-electron chi connectivity index (χ3n) is 4.56. The molecule has 162 valence electrons. The maximum atomic E-state index is 12.9. The van der Waals surface area contributed by atoms with E-state index in [1.807, 2.05) is 0 Å². The van der Waals surface area contributed by atoms with E-state index in [-0.39, 0.29) is 23.4 Å². The number of nitrogens with zero attached hydrogens (tertiary/aromatic N) is 2. The molecule has 0 radical (unpaired) electrons. The normalized spacial score (nSPS) is 10.5. The predicted octanol–water partition coefficient (Wildman–Crippen LogP) is 2.87. The largest absolute Gasteiger partial charge is 0.497 e. The van der Waals surface area contributed by atoms with Crippen molar-refractivity contribution in [3.8, 4) is 5.75 Å². The summed E-state index contributed by atoms with van der Waals surface area (Å²) in [6.07, 6.45) is 4.20. The third-order valence-corrected chi connectivity index (χ3v) is 4.56. The molecule has 4 aromatic rings. The van der Waals surface area contributed by atoms with Crippen molar-refractivity contribution in [1.82, 2.24) is 14.7 Å². The Hall–Kier alpha value is -4.60. The van der Waals surface area contributed by atoms with Crippen molar-refractivity contribution in [2.24, 2.45) is 0 Å². The number of methoxy groups -OCH3 is 1. The summed E-state index contributed by atoms with van der Waals surface area (Å²) in [5.74, 6) is 0.758. The molecule has 32 heavy (non-hydrogen) atoms. The first-order valence-electron chi connectivity index (χ1n) is 9.58. The molecule has 3 aromatic heterocycles. The molecule has 0 aliphatic carbocycles. The van der Waals surface area contributed by atoms with Gasteiger partial charge in [0.1, 0.15) is 17.2 Å². The molecule has 0 saturated carbocycles. The molecule has 0 unspecified atom stereocenters. The molecule has 4 rings (SSSR count). The molecule has 1 aromatic carbocycles. The average molecular weight is 433 g/mol. The number of carbonyl (C=O) groups excluding carboxylic acids is 2. The van der Waals surface area contributed by atoms with Crippen LogP contribution in [0.1, 0.15) is 16.1 Å². The number of nitrogens with one attached hydrogen (secondary N) is 3. The topological polar surface area (TPSA) is 127 Å². The minimum absolute atomic E-state index is 0.0453. The Morgan fingerprint density at radius 1 is 1.12 bits per heavy atom. The Morgan fingerprint density at radius 2 is 2.00 bits per heavy atom. The maximum Gasteiger partial charge on any atom is 0.323 e. The second-order valence-electron chi connectivity index (χ2n) is 6.67. The molecule has 3 N–H and O–H groups in total. The summed E-state index contributed by atoms with van der Waals surface area (Å²) in [6, 6.07) is 12.7. The minimum atomic E-state index is -0.621. The summed E-state index contributed by atoms with van der Waals surface area (Å²) in [4.78, 5) is 42.0. The van der Waals surface area contributed by atoms with Crippen LogP contribution in [0.15, 0.2) is 76.4 Å². The zero-order valence-corrected chi connectivity index (χ0v) is 17.0. The van der Waals surface area contributed by atoms with Gasteiger partial charge in [-0.3, -0.25) is 14.0 Å². The van der Waals surface area contributed by atoms with Gasteiger partial charge < -0.3 is 25.1 Å². The van der Waals surface area contributed by atoms with Crippen LogP contribution in [0.3, 0.4) is 0 Å². The van der Waals surface area contributed by atoms with Crippen LogP contribution in [0.25, 0.3) is 5.65 Å². The van der Waals surface area contributed by atoms with Gasteiger partial charge in [-0.2, -0.15) is 0 Å². The lowest BCUT2D eigenvalue weighted by Crippen LogP contribution is -2.28. The Bertz CT molecular complexity index is 1330. The Labute approximate surface area is 181 Å². The van der Waals surface area contributed by atoms with Crippen molar-refractivity contribution >= 4 is 29.0 Å². The number of furan rings is 1. The number of amides is 3. The number of rotatable bonds is 6. The maximum absolute atomic E-state index is 12.9. The highest BCUT2D eigenvalue weighted by molar-refractivity contribution is 6.01. The molecular weight excluding hydrogens is 414 g/mol. The summed E-state index contributed by atoms with van der Waals surface area (Å²) < 4.78 is 11.5. The molecular formula is C22H19N5O5. The van der Waals surface area contributed by atoms with Gasteiger partial charge in [0.05, 0.1) is 31.7 Å². The van der Waals surface area contributed by atoms with Crippen LogP contribution in [-0.4, -0.2) is 28.4 Å². The number of pyridine rings is 1. The number of urea groups is 1. The highest BCUT2D eigenvalue weighted by Crippen LogP contribution is 2.17. The first kappa shape index (κ1) is 20.7. The van der Waals surface area contributed by atoms with E-state index in [1.54, 1.807) is 48.5 Å². The number of hydrogen-bond donors (Lipinski definition) is 3. The van der Waals surface area contributed by atoms with Gasteiger partial charge in [-0.1, -0.05) is 6.07 Å². The predicted molar refractivity (Wildman–Crippen MR) is 117 cm³/mol. The van der Waals surface area contributed by atoms with Gasteiger partial charge in [0, 0.05) is 18.0 Å². The van der Waals surface area contributed by atoms with Gasteiger partial charge in [0.25, 0.3) is 11.5 Å². The standard InChI is InChI=1S/C22H19N5O5/c1-31-15-6-2-5-14(11-15)25-22(30)26-18-13-23-19-17(8-3-9-27(19)21(18)29)20(28)24-12-16-7-4-10-32-16/h2-11,13H,12H2,1H3,(H,24,28)(H2,25,26,30). The van der Waals surface area contributed by atoms with Crippen LogP contribution in [0.4, 0.5) is 16.2 Å². The monoisotopic (exact) mass is 433 g/mol. The highest BCUT2D eigenvalue weighted by atomic mass is 16.5. The first-order valence-corrected chi connectivity index (χ1v) is 9.58. The summed E-state index contributed by atoms with van der Waals surface area (Å²) in [6.45, 7) is 0.196. The van der Waals surface area contributed by atoms with Gasteiger partial charge in [0.2, 0.25) is 0 Å². The molecule has 0 aliphatic rings. The fourth-order valence-corrected chi connectivity index (χ4v) is 3.03. The number of hydrogen-bond acceptors (Lipinski definition) is 6. The van der Waals surface area contributed by atoms with E-state index in [4.69, 9.17) is 9.15 Å². The lowest BCUT2D eigenvalue weighted by Gasteiger charge is -2.10. The third kappa shape index (κ3) is 4.43. The molecule has 3 heterocycles. The van der Waals surface area contributed by atoms with Gasteiger partial charge in [-0.05, 0) is 36.4 Å². The van der Waals surface area contributed by atoms with E-state index >= 15 is 0 Å². The highest BCUT2D eigenvalue weighted by Gasteiger charge is 2.15. The second-order valence-corrected chi connectivity index (χ2v) is 6.67. The van der Waals surface area contributed by atoms with Gasteiger partial charge >= 0.3 is 6.03 Å². The van der Waals surface area contributed by atoms with Gasteiger partial charge in [-0.25, -0.2) is 9.78 Å². The number of ether oxygens (including phenoxy) is 1. The fraction of sp³-hybridized carbons (Fsp3) is 0.0909. The van der Waals surface area contributed by atoms with E-state index in [0.29, 0.717) is 17.2 Å². The van der Waals surface area contributed by atoms with E-state index in [1.165, 1.54) is 30.2 Å². The second kappa shape index (κ2) is 9.04. The van der Waals surface area contributed by atoms with Crippen molar-refractivity contribution in [3.05, 3.63) is 88.9 Å². The number of anilines is 2. The van der Waals surface area contributed by atoms with E-state index in [9.17, 15) is 14.4 Å². The van der Waals surface area contributed by atoms with Crippen molar-refractivity contribution in [3.63, 3.8) is 0 Å². The zero-order chi connectivity index (χ0) is 22.5. The SMILES string of the molecule is COc1cccc(NC(=O)Nc2cnc3c(C(=O)NCc4ccco4)cccn3c2=O)c1. The Balaban J connectivity index is 1.53. The first-order chi connectivity index (χ1) is 15.5. The number of benzene rings is 1. The van der Waals surface area contributed by atoms with Crippen molar-refractivity contribution in [1.29, 1.82) is 0 Å². The van der Waals surface area contributed by atoms with E-state index in [0.717, 1.165) is 0 Å². The van der Waals surface area contributed by atoms with Gasteiger partial charge in [-0.15, -0.1) is 0 Å². The number of aromatic nitrogens is 2. The van der Waals surface area contributed by atoms with Crippen LogP contribution >= 0.6 is 0 Å². The van der Waals surface area contributed by atoms with Crippen molar-refractivity contribution in [2.75, 3.05) is 17.7 Å². The van der Waals surface area contributed by atoms with Crippen LogP contribution in [0.2, 0.25) is 0 Å². The lowest BCUT2D eigenvalue weighted by molar-refractivity contribution is 0.0949. The Morgan fingerprint density at radius 3 is 2.78 bits per heavy atom. The minimum Gasteiger partial charge on any atom is -0.497 e. The molecule has 0 bridgehead atoms. The van der Waals surface area contributed by atoms with E-state index < -0.39 is 17.5 Å². The van der Waals surface area contributed by atoms with Crippen LogP contribution in [0.5, 0.6) is 5.75 Å². The molecule has 0 atom stereocenters. The van der Waals surface area contributed by atoms with Gasteiger partial charge in [0.15, 0.2) is 5.65 Å². The van der Waals surface area contributed by atoms with Crippen molar-refractivity contribution in [2.45, 2.75) is 6.54 Å². The molecule has 0 spiro atoms. The molecule has 10 heteroatoms. The summed E-state index contributed by atoms with van der Waals surface area (Å²) >= 11 is 0. The van der Waals surface area contributed by atoms with Crippen molar-refractivity contribution < 1.29 is 18.7 Å². The van der Waals surface area contributed by atoms with E-state index in [2.05, 4.69) is 20.9 Å². The number of fused-ring (bicyclic) bond motifs is 1. The Kier molecular flexibility index (Phi) is 5.84. The summed E-state index contributed by atoms with van der Waals surface area (Å²) in [5.41, 5.74) is 0.287. The van der Waals surface area contributed by atoms with Crippen LogP contribution in [-0.2, 0) is 6.54 Å². The quantitative estimate of drug-likeness (QED) is 0.429. The smallest absolute Gasteiger partial charge is 0.323 e. The summed E-state index contributed by atoms with van der Waals surface area (Å²) in [5, 5.41) is 7.82. The molecule has 3 amide bonds. The zero-order valence-electron chi connectivity index (χ0n) is 17.0. The average Bonchev–Trinajstić information content (AvgIpc) is 3.33.